The summed E-state index contributed by atoms with van der Waals surface area (Å²) < 4.78 is 0. The minimum absolute atomic E-state index is 0.0292. The number of hydrogen-bond donors (Lipinski definition) is 1. The van der Waals surface area contributed by atoms with Crippen molar-refractivity contribution >= 4 is 5.78 Å². The second kappa shape index (κ2) is 4.85. The van der Waals surface area contributed by atoms with Crippen molar-refractivity contribution in [3.8, 4) is 12.3 Å². The second-order valence-electron chi connectivity index (χ2n) is 9.45. The lowest BCUT2D eigenvalue weighted by Gasteiger charge is -2.60. The van der Waals surface area contributed by atoms with E-state index in [1.54, 1.807) is 0 Å². The molecule has 0 aliphatic heterocycles. The Morgan fingerprint density at radius 3 is 2.61 bits per heavy atom. The van der Waals surface area contributed by atoms with E-state index in [-0.39, 0.29) is 5.41 Å². The van der Waals surface area contributed by atoms with Gasteiger partial charge in [-0.05, 0) is 80.5 Å². The number of carbonyl (C=O) groups is 1. The third kappa shape index (κ3) is 2.02. The molecule has 2 heteroatoms. The van der Waals surface area contributed by atoms with Crippen molar-refractivity contribution in [2.24, 2.45) is 34.5 Å². The number of Topliss-reactive ketones (excluding diaryl/α,β-unsaturated/α-hetero) is 1. The third-order valence-corrected chi connectivity index (χ3v) is 8.70. The lowest BCUT2D eigenvalue weighted by Crippen LogP contribution is -2.55. The Bertz CT molecular complexity index is 575. The fraction of sp³-hybridized carbons (Fsp3) is 0.857. The van der Waals surface area contributed by atoms with E-state index < -0.39 is 5.60 Å². The van der Waals surface area contributed by atoms with Crippen molar-refractivity contribution in [3.63, 3.8) is 0 Å². The highest BCUT2D eigenvalue weighted by Gasteiger charge is 2.61. The van der Waals surface area contributed by atoms with Crippen molar-refractivity contribution in [2.45, 2.75) is 77.2 Å². The monoisotopic (exact) mass is 314 g/mol. The van der Waals surface area contributed by atoms with E-state index in [0.717, 1.165) is 50.4 Å². The molecule has 0 unspecified atom stereocenters. The standard InChI is InChI=1S/C21H30O2/c1-4-21(23)12-11-19(2)14(13-21)5-6-15-16-7-8-18(22)20(16,3)10-9-17(15)19/h1,14-17,23H,5-13H2,2-3H3/t14-,15+,16+,17+,19-,20-,21+/m0/s1. The average Bonchev–Trinajstić information content (AvgIpc) is 2.84. The molecule has 7 atom stereocenters. The number of fused-ring (bicyclic) bond motifs is 5. The first-order valence-electron chi connectivity index (χ1n) is 9.56. The number of ketones is 1. The molecule has 0 spiro atoms. The minimum Gasteiger partial charge on any atom is -0.378 e. The SMILES string of the molecule is C#C[C@@]1(O)CC[C@@]2(C)[C@@H](CC[C@H]3[C@H]2CC[C@]2(C)C(=O)CC[C@H]32)C1. The Morgan fingerprint density at radius 2 is 1.87 bits per heavy atom. The van der Waals surface area contributed by atoms with Crippen LogP contribution >= 0.6 is 0 Å². The summed E-state index contributed by atoms with van der Waals surface area (Å²) in [7, 11) is 0. The van der Waals surface area contributed by atoms with Crippen LogP contribution in [0.2, 0.25) is 0 Å². The van der Waals surface area contributed by atoms with Gasteiger partial charge in [0.15, 0.2) is 0 Å². The molecule has 2 nitrogen and oxygen atoms in total. The van der Waals surface area contributed by atoms with Crippen molar-refractivity contribution in [2.75, 3.05) is 0 Å². The van der Waals surface area contributed by atoms with E-state index in [1.807, 2.05) is 0 Å². The molecule has 4 aliphatic carbocycles. The van der Waals surface area contributed by atoms with Crippen LogP contribution in [-0.4, -0.2) is 16.5 Å². The van der Waals surface area contributed by atoms with Crippen LogP contribution in [0.5, 0.6) is 0 Å². The summed E-state index contributed by atoms with van der Waals surface area (Å²) in [6.07, 6.45) is 14.8. The zero-order chi connectivity index (χ0) is 16.5. The summed E-state index contributed by atoms with van der Waals surface area (Å²) >= 11 is 0. The Hall–Kier alpha value is -0.810. The van der Waals surface area contributed by atoms with Crippen molar-refractivity contribution in [1.82, 2.24) is 0 Å². The molecule has 0 aromatic heterocycles. The molecule has 0 amide bonds. The number of rotatable bonds is 0. The summed E-state index contributed by atoms with van der Waals surface area (Å²) in [5.41, 5.74) is -0.582. The molecule has 1 N–H and O–H groups in total. The van der Waals surface area contributed by atoms with Gasteiger partial charge >= 0.3 is 0 Å². The lowest BCUT2D eigenvalue weighted by molar-refractivity contribution is -0.146. The Morgan fingerprint density at radius 1 is 1.09 bits per heavy atom. The quantitative estimate of drug-likeness (QED) is 0.687. The normalized spacial score (nSPS) is 55.5. The molecule has 0 radical (unpaired) electrons. The van der Waals surface area contributed by atoms with Gasteiger partial charge in [0.05, 0.1) is 0 Å². The molecule has 0 bridgehead atoms. The third-order valence-electron chi connectivity index (χ3n) is 8.70. The molecule has 0 saturated heterocycles. The maximum atomic E-state index is 12.4. The van der Waals surface area contributed by atoms with Crippen LogP contribution in [0.15, 0.2) is 0 Å². The van der Waals surface area contributed by atoms with Crippen LogP contribution in [0.25, 0.3) is 0 Å². The fourth-order valence-corrected chi connectivity index (χ4v) is 7.15. The van der Waals surface area contributed by atoms with Crippen LogP contribution < -0.4 is 0 Å². The van der Waals surface area contributed by atoms with E-state index in [1.165, 1.54) is 19.3 Å². The van der Waals surface area contributed by atoms with Gasteiger partial charge in [-0.2, -0.15) is 0 Å². The first-order valence-corrected chi connectivity index (χ1v) is 9.56. The van der Waals surface area contributed by atoms with Crippen LogP contribution in [0, 0.1) is 46.8 Å². The number of carbonyl (C=O) groups excluding carboxylic acids is 1. The highest BCUT2D eigenvalue weighted by atomic mass is 16.3. The van der Waals surface area contributed by atoms with Gasteiger partial charge in [0, 0.05) is 11.8 Å². The summed E-state index contributed by atoms with van der Waals surface area (Å²) in [5.74, 6) is 5.81. The molecule has 23 heavy (non-hydrogen) atoms. The van der Waals surface area contributed by atoms with Gasteiger partial charge in [0.1, 0.15) is 11.4 Å². The number of hydrogen-bond acceptors (Lipinski definition) is 2. The van der Waals surface area contributed by atoms with Gasteiger partial charge in [0.25, 0.3) is 0 Å². The zero-order valence-corrected chi connectivity index (χ0v) is 14.6. The van der Waals surface area contributed by atoms with E-state index in [2.05, 4.69) is 19.8 Å². The van der Waals surface area contributed by atoms with Crippen LogP contribution in [0.1, 0.15) is 71.6 Å². The van der Waals surface area contributed by atoms with Gasteiger partial charge in [-0.25, -0.2) is 0 Å². The van der Waals surface area contributed by atoms with Gasteiger partial charge in [0.2, 0.25) is 0 Å². The molecule has 126 valence electrons. The molecule has 0 heterocycles. The van der Waals surface area contributed by atoms with E-state index in [0.29, 0.717) is 23.0 Å². The smallest absolute Gasteiger partial charge is 0.139 e. The first-order chi connectivity index (χ1) is 10.8. The van der Waals surface area contributed by atoms with E-state index >= 15 is 0 Å². The molecule has 0 aromatic carbocycles. The summed E-state index contributed by atoms with van der Waals surface area (Å²) in [6.45, 7) is 4.71. The predicted octanol–water partition coefficient (Wildman–Crippen LogP) is 3.96. The van der Waals surface area contributed by atoms with Gasteiger partial charge < -0.3 is 5.11 Å². The predicted molar refractivity (Wildman–Crippen MR) is 90.5 cm³/mol. The molecule has 4 rings (SSSR count). The zero-order valence-electron chi connectivity index (χ0n) is 14.6. The van der Waals surface area contributed by atoms with E-state index in [9.17, 15) is 9.90 Å². The summed E-state index contributed by atoms with van der Waals surface area (Å²) in [4.78, 5) is 12.4. The second-order valence-corrected chi connectivity index (χ2v) is 9.45. The van der Waals surface area contributed by atoms with Gasteiger partial charge in [-0.1, -0.05) is 19.8 Å². The maximum absolute atomic E-state index is 12.4. The fourth-order valence-electron chi connectivity index (χ4n) is 7.15. The maximum Gasteiger partial charge on any atom is 0.139 e. The molecular formula is C21H30O2. The molecule has 4 aliphatic rings. The first kappa shape index (κ1) is 15.7. The molecule has 0 aromatic rings. The minimum atomic E-state index is -0.872. The molecular weight excluding hydrogens is 284 g/mol. The van der Waals surface area contributed by atoms with Gasteiger partial charge in [-0.3, -0.25) is 4.79 Å². The summed E-state index contributed by atoms with van der Waals surface area (Å²) in [6, 6.07) is 0. The Labute approximate surface area is 140 Å². The Balaban J connectivity index is 1.62. The van der Waals surface area contributed by atoms with Crippen LogP contribution in [-0.2, 0) is 4.79 Å². The number of aliphatic hydroxyl groups is 1. The van der Waals surface area contributed by atoms with Crippen LogP contribution in [0.4, 0.5) is 0 Å². The van der Waals surface area contributed by atoms with Crippen molar-refractivity contribution < 1.29 is 9.90 Å². The van der Waals surface area contributed by atoms with Gasteiger partial charge in [-0.15, -0.1) is 6.42 Å². The highest BCUT2D eigenvalue weighted by Crippen LogP contribution is 2.66. The summed E-state index contributed by atoms with van der Waals surface area (Å²) in [5, 5.41) is 10.6. The van der Waals surface area contributed by atoms with Crippen molar-refractivity contribution in [1.29, 1.82) is 0 Å². The Kier molecular flexibility index (Phi) is 3.31. The lowest BCUT2D eigenvalue weighted by atomic mass is 9.44. The van der Waals surface area contributed by atoms with Crippen LogP contribution in [0.3, 0.4) is 0 Å². The largest absolute Gasteiger partial charge is 0.378 e. The average molecular weight is 314 g/mol. The topological polar surface area (TPSA) is 37.3 Å². The van der Waals surface area contributed by atoms with Crippen molar-refractivity contribution in [3.05, 3.63) is 0 Å². The van der Waals surface area contributed by atoms with E-state index in [4.69, 9.17) is 6.42 Å². The molecule has 4 fully saturated rings. The highest BCUT2D eigenvalue weighted by molar-refractivity contribution is 5.87. The molecule has 4 saturated carbocycles. The number of terminal acetylenes is 1.